The number of aromatic nitrogens is 4. The third-order valence-corrected chi connectivity index (χ3v) is 4.97. The third-order valence-electron chi connectivity index (χ3n) is 4.97. The fourth-order valence-corrected chi connectivity index (χ4v) is 3.52. The molecule has 0 amide bonds. The Hall–Kier alpha value is -2.09. The topological polar surface area (TPSA) is 100 Å². The zero-order chi connectivity index (χ0) is 18.5. The molecule has 0 aromatic carbocycles. The van der Waals surface area contributed by atoms with Crippen LogP contribution >= 0.6 is 0 Å². The number of fused-ring (bicyclic) bond motifs is 1. The van der Waals surface area contributed by atoms with Crippen LogP contribution in [0.2, 0.25) is 0 Å². The normalized spacial score (nSPS) is 16.7. The van der Waals surface area contributed by atoms with Crippen molar-refractivity contribution in [3.63, 3.8) is 0 Å². The number of ether oxygens (including phenoxy) is 2. The largest absolute Gasteiger partial charge is 0.468 e. The van der Waals surface area contributed by atoms with Crippen LogP contribution in [0.1, 0.15) is 46.0 Å². The predicted molar refractivity (Wildman–Crippen MR) is 101 cm³/mol. The molecular weight excluding hydrogens is 332 g/mol. The van der Waals surface area contributed by atoms with Crippen molar-refractivity contribution in [1.82, 2.24) is 24.8 Å². The molecule has 2 aromatic heterocycles. The number of nitrogens with zero attached hydrogens (tertiary/aromatic N) is 4. The van der Waals surface area contributed by atoms with Gasteiger partial charge in [0.2, 0.25) is 0 Å². The number of imidazole rings is 1. The molecule has 8 heteroatoms. The number of nitrogens with two attached hydrogens (primary N) is 1. The fourth-order valence-electron chi connectivity index (χ4n) is 3.52. The van der Waals surface area contributed by atoms with Crippen LogP contribution in [-0.2, 0) is 6.54 Å². The van der Waals surface area contributed by atoms with Gasteiger partial charge >= 0.3 is 6.01 Å². The van der Waals surface area contributed by atoms with E-state index in [4.69, 9.17) is 15.2 Å². The molecule has 0 radical (unpaired) electrons. The van der Waals surface area contributed by atoms with E-state index in [0.29, 0.717) is 34.9 Å². The van der Waals surface area contributed by atoms with Crippen molar-refractivity contribution in [1.29, 1.82) is 0 Å². The number of hydrogen-bond donors (Lipinski definition) is 2. The minimum absolute atomic E-state index is 0.0462. The standard InChI is InChI=1S/C18H30N6O2/c1-4-5-12(2)26-17-22-15(19)14-16(23-17)24(18(21-14)25-3)11-8-13-6-9-20-10-7-13/h12-13,20H,4-11H2,1-3H3,(H2,19,22,23)/t12-/m0/s1. The Morgan fingerprint density at radius 1 is 1.27 bits per heavy atom. The van der Waals surface area contributed by atoms with E-state index in [-0.39, 0.29) is 6.10 Å². The first-order valence-electron chi connectivity index (χ1n) is 9.57. The van der Waals surface area contributed by atoms with E-state index in [0.717, 1.165) is 38.9 Å². The maximum Gasteiger partial charge on any atom is 0.320 e. The van der Waals surface area contributed by atoms with E-state index < -0.39 is 0 Å². The summed E-state index contributed by atoms with van der Waals surface area (Å²) in [6.45, 7) is 7.12. The molecule has 3 rings (SSSR count). The first kappa shape index (κ1) is 18.7. The van der Waals surface area contributed by atoms with Gasteiger partial charge in [0.1, 0.15) is 0 Å². The van der Waals surface area contributed by atoms with E-state index in [9.17, 15) is 0 Å². The summed E-state index contributed by atoms with van der Waals surface area (Å²) in [5.41, 5.74) is 7.37. The van der Waals surface area contributed by atoms with Gasteiger partial charge in [-0.05, 0) is 51.6 Å². The summed E-state index contributed by atoms with van der Waals surface area (Å²) >= 11 is 0. The zero-order valence-electron chi connectivity index (χ0n) is 16.0. The average molecular weight is 362 g/mol. The van der Waals surface area contributed by atoms with Crippen LogP contribution in [0.25, 0.3) is 11.2 Å². The first-order valence-corrected chi connectivity index (χ1v) is 9.57. The lowest BCUT2D eigenvalue weighted by atomic mass is 9.95. The van der Waals surface area contributed by atoms with Gasteiger partial charge in [-0.15, -0.1) is 0 Å². The quantitative estimate of drug-likeness (QED) is 0.743. The lowest BCUT2D eigenvalue weighted by Crippen LogP contribution is -2.28. The molecule has 0 aliphatic carbocycles. The van der Waals surface area contributed by atoms with Crippen LogP contribution in [0, 0.1) is 5.92 Å². The average Bonchev–Trinajstić information content (AvgIpc) is 2.99. The van der Waals surface area contributed by atoms with Crippen molar-refractivity contribution in [3.05, 3.63) is 0 Å². The Kier molecular flexibility index (Phi) is 6.13. The Bertz CT molecular complexity index is 726. The van der Waals surface area contributed by atoms with Gasteiger partial charge in [-0.2, -0.15) is 15.0 Å². The Labute approximate surface area is 154 Å². The highest BCUT2D eigenvalue weighted by molar-refractivity contribution is 5.83. The van der Waals surface area contributed by atoms with Gasteiger partial charge in [0.25, 0.3) is 6.01 Å². The number of nitrogen functional groups attached to an aromatic ring is 1. The van der Waals surface area contributed by atoms with Crippen molar-refractivity contribution in [2.75, 3.05) is 25.9 Å². The van der Waals surface area contributed by atoms with Gasteiger partial charge in [-0.3, -0.25) is 4.57 Å². The predicted octanol–water partition coefficient (Wildman–Crippen LogP) is 2.37. The summed E-state index contributed by atoms with van der Waals surface area (Å²) in [7, 11) is 1.62. The Morgan fingerprint density at radius 3 is 2.73 bits per heavy atom. The number of nitrogens with one attached hydrogen (secondary N) is 1. The molecule has 1 fully saturated rings. The molecule has 0 spiro atoms. The van der Waals surface area contributed by atoms with E-state index in [1.54, 1.807) is 7.11 Å². The molecule has 0 unspecified atom stereocenters. The summed E-state index contributed by atoms with van der Waals surface area (Å²) in [4.78, 5) is 13.3. The second-order valence-corrected chi connectivity index (χ2v) is 7.01. The molecule has 1 atom stereocenters. The highest BCUT2D eigenvalue weighted by Crippen LogP contribution is 2.27. The van der Waals surface area contributed by atoms with E-state index >= 15 is 0 Å². The number of rotatable bonds is 8. The monoisotopic (exact) mass is 362 g/mol. The Morgan fingerprint density at radius 2 is 2.04 bits per heavy atom. The summed E-state index contributed by atoms with van der Waals surface area (Å²) in [5.74, 6) is 1.03. The maximum atomic E-state index is 6.11. The van der Waals surface area contributed by atoms with Gasteiger partial charge in [-0.25, -0.2) is 0 Å². The molecule has 1 saturated heterocycles. The molecule has 1 aliphatic heterocycles. The van der Waals surface area contributed by atoms with E-state index in [2.05, 4.69) is 27.2 Å². The van der Waals surface area contributed by atoms with Crippen LogP contribution in [-0.4, -0.2) is 45.8 Å². The third kappa shape index (κ3) is 4.17. The molecule has 144 valence electrons. The maximum absolute atomic E-state index is 6.11. The smallest absolute Gasteiger partial charge is 0.320 e. The molecular formula is C18H30N6O2. The van der Waals surface area contributed by atoms with Crippen LogP contribution in [0.5, 0.6) is 12.0 Å². The number of anilines is 1. The molecule has 0 saturated carbocycles. The molecule has 8 nitrogen and oxygen atoms in total. The summed E-state index contributed by atoms with van der Waals surface area (Å²) in [5, 5.41) is 3.41. The van der Waals surface area contributed by atoms with Crippen molar-refractivity contribution in [2.24, 2.45) is 5.92 Å². The van der Waals surface area contributed by atoms with Crippen LogP contribution in [0.15, 0.2) is 0 Å². The lowest BCUT2D eigenvalue weighted by molar-refractivity contribution is 0.193. The first-order chi connectivity index (χ1) is 12.6. The highest BCUT2D eigenvalue weighted by Gasteiger charge is 2.20. The van der Waals surface area contributed by atoms with Crippen molar-refractivity contribution in [2.45, 2.75) is 58.6 Å². The van der Waals surface area contributed by atoms with Crippen LogP contribution in [0.4, 0.5) is 5.82 Å². The molecule has 3 N–H and O–H groups in total. The van der Waals surface area contributed by atoms with Crippen LogP contribution in [0.3, 0.4) is 0 Å². The Balaban J connectivity index is 1.85. The van der Waals surface area contributed by atoms with Crippen molar-refractivity contribution in [3.8, 4) is 12.0 Å². The number of piperidine rings is 1. The molecule has 3 heterocycles. The summed E-state index contributed by atoms with van der Waals surface area (Å²) < 4.78 is 13.3. The van der Waals surface area contributed by atoms with Gasteiger partial charge in [-0.1, -0.05) is 13.3 Å². The number of methoxy groups -OCH3 is 1. The molecule has 1 aliphatic rings. The van der Waals surface area contributed by atoms with Crippen LogP contribution < -0.4 is 20.5 Å². The van der Waals surface area contributed by atoms with Crippen molar-refractivity contribution >= 4 is 17.0 Å². The second kappa shape index (κ2) is 8.53. The van der Waals surface area contributed by atoms with E-state index in [1.165, 1.54) is 12.8 Å². The molecule has 0 bridgehead atoms. The molecule has 26 heavy (non-hydrogen) atoms. The van der Waals surface area contributed by atoms with Gasteiger partial charge in [0.05, 0.1) is 13.2 Å². The van der Waals surface area contributed by atoms with Crippen molar-refractivity contribution < 1.29 is 9.47 Å². The number of aryl methyl sites for hydroxylation is 1. The summed E-state index contributed by atoms with van der Waals surface area (Å²) in [6.07, 6.45) is 5.50. The van der Waals surface area contributed by atoms with Gasteiger partial charge < -0.3 is 20.5 Å². The minimum Gasteiger partial charge on any atom is -0.468 e. The zero-order valence-corrected chi connectivity index (χ0v) is 16.0. The summed E-state index contributed by atoms with van der Waals surface area (Å²) in [6, 6.07) is 0.829. The van der Waals surface area contributed by atoms with E-state index in [1.807, 2.05) is 11.5 Å². The lowest BCUT2D eigenvalue weighted by Gasteiger charge is -2.22. The van der Waals surface area contributed by atoms with Gasteiger partial charge in [0, 0.05) is 6.54 Å². The number of hydrogen-bond acceptors (Lipinski definition) is 7. The second-order valence-electron chi connectivity index (χ2n) is 7.01. The fraction of sp³-hybridized carbons (Fsp3) is 0.722. The minimum atomic E-state index is 0.0462. The highest BCUT2D eigenvalue weighted by atomic mass is 16.5. The molecule has 2 aromatic rings. The van der Waals surface area contributed by atoms with Gasteiger partial charge in [0.15, 0.2) is 17.0 Å². The SMILES string of the molecule is CCC[C@H](C)Oc1nc(N)c2nc(OC)n(CCC3CCNCC3)c2n1.